The summed E-state index contributed by atoms with van der Waals surface area (Å²) in [5.41, 5.74) is 2.94. The van der Waals surface area contributed by atoms with Gasteiger partial charge in [-0.05, 0) is 49.1 Å². The normalized spacial score (nSPS) is 10.7. The molecule has 0 amide bonds. The molecule has 0 saturated heterocycles. The van der Waals surface area contributed by atoms with Crippen LogP contribution in [0, 0.1) is 19.7 Å². The molecule has 1 aromatic heterocycles. The number of hydrogen-bond acceptors (Lipinski definition) is 2. The van der Waals surface area contributed by atoms with Gasteiger partial charge in [0.2, 0.25) is 0 Å². The summed E-state index contributed by atoms with van der Waals surface area (Å²) >= 11 is 5.94. The highest BCUT2D eigenvalue weighted by atomic mass is 35.5. The summed E-state index contributed by atoms with van der Waals surface area (Å²) in [5, 5.41) is 0.0263. The van der Waals surface area contributed by atoms with Crippen molar-refractivity contribution in [3.63, 3.8) is 0 Å². The van der Waals surface area contributed by atoms with Gasteiger partial charge in [-0.1, -0.05) is 18.5 Å². The van der Waals surface area contributed by atoms with Crippen molar-refractivity contribution in [3.05, 3.63) is 61.8 Å². The van der Waals surface area contributed by atoms with E-state index in [2.05, 4.69) is 4.98 Å². The number of benzene rings is 1. The maximum Gasteiger partial charge on any atom is 0.270 e. The molecule has 1 heterocycles. The highest BCUT2D eigenvalue weighted by Gasteiger charge is 2.11. The van der Waals surface area contributed by atoms with E-state index in [-0.39, 0.29) is 23.0 Å². The van der Waals surface area contributed by atoms with Crippen molar-refractivity contribution >= 4 is 11.6 Å². The molecule has 112 valence electrons. The lowest BCUT2D eigenvalue weighted by atomic mass is 10.0. The number of nitrogens with one attached hydrogen (secondary N) is 1. The van der Waals surface area contributed by atoms with E-state index < -0.39 is 0 Å². The summed E-state index contributed by atoms with van der Waals surface area (Å²) in [7, 11) is 0. The first-order chi connectivity index (χ1) is 9.92. The van der Waals surface area contributed by atoms with E-state index in [0.717, 1.165) is 16.7 Å². The first kappa shape index (κ1) is 15.6. The van der Waals surface area contributed by atoms with Crippen molar-refractivity contribution in [1.29, 1.82) is 0 Å². The van der Waals surface area contributed by atoms with Crippen molar-refractivity contribution in [2.24, 2.45) is 0 Å². The molecule has 2 aromatic rings. The second-order valence-corrected chi connectivity index (χ2v) is 5.34. The van der Waals surface area contributed by atoms with Crippen LogP contribution in [0.25, 0.3) is 0 Å². The number of hydrogen-bond donors (Lipinski definition) is 1. The SMILES string of the molecule is CCc1cc(F)cc(C)c1COc1cc(C)[nH]c(=O)c1Cl. The molecule has 0 aliphatic carbocycles. The Bertz CT molecular complexity index is 725. The summed E-state index contributed by atoms with van der Waals surface area (Å²) in [6, 6.07) is 4.66. The van der Waals surface area contributed by atoms with Gasteiger partial charge in [-0.25, -0.2) is 4.39 Å². The third-order valence-corrected chi connectivity index (χ3v) is 3.71. The molecule has 0 unspecified atom stereocenters. The molecule has 0 radical (unpaired) electrons. The minimum absolute atomic E-state index is 0.0263. The van der Waals surface area contributed by atoms with E-state index >= 15 is 0 Å². The third kappa shape index (κ3) is 3.45. The summed E-state index contributed by atoms with van der Waals surface area (Å²) < 4.78 is 19.1. The first-order valence-corrected chi connectivity index (χ1v) is 7.10. The Kier molecular flexibility index (Phi) is 4.68. The molecule has 5 heteroatoms. The zero-order valence-electron chi connectivity index (χ0n) is 12.2. The molecule has 3 nitrogen and oxygen atoms in total. The molecule has 21 heavy (non-hydrogen) atoms. The van der Waals surface area contributed by atoms with Gasteiger partial charge in [0.25, 0.3) is 5.56 Å². The second-order valence-electron chi connectivity index (χ2n) is 4.96. The van der Waals surface area contributed by atoms with Gasteiger partial charge in [-0.15, -0.1) is 0 Å². The zero-order chi connectivity index (χ0) is 15.6. The van der Waals surface area contributed by atoms with Crippen LogP contribution in [0.5, 0.6) is 5.75 Å². The number of rotatable bonds is 4. The number of halogens is 2. The van der Waals surface area contributed by atoms with E-state index in [1.165, 1.54) is 12.1 Å². The van der Waals surface area contributed by atoms with Gasteiger partial charge in [0.15, 0.2) is 0 Å². The number of pyridine rings is 1. The summed E-state index contributed by atoms with van der Waals surface area (Å²) in [6.45, 7) is 5.80. The van der Waals surface area contributed by atoms with Crippen LogP contribution < -0.4 is 10.3 Å². The molecule has 0 atom stereocenters. The fourth-order valence-electron chi connectivity index (χ4n) is 2.26. The highest BCUT2D eigenvalue weighted by Crippen LogP contribution is 2.24. The van der Waals surface area contributed by atoms with Gasteiger partial charge in [0.05, 0.1) is 0 Å². The van der Waals surface area contributed by atoms with E-state index in [1.807, 2.05) is 13.8 Å². The van der Waals surface area contributed by atoms with Gasteiger partial charge >= 0.3 is 0 Å². The molecule has 0 spiro atoms. The molecule has 0 bridgehead atoms. The Labute approximate surface area is 127 Å². The van der Waals surface area contributed by atoms with Crippen LogP contribution in [0.15, 0.2) is 23.0 Å². The van der Waals surface area contributed by atoms with Gasteiger partial charge in [0, 0.05) is 11.8 Å². The summed E-state index contributed by atoms with van der Waals surface area (Å²) in [5.74, 6) is 0.0850. The lowest BCUT2D eigenvalue weighted by molar-refractivity contribution is 0.303. The zero-order valence-corrected chi connectivity index (χ0v) is 13.0. The predicted molar refractivity (Wildman–Crippen MR) is 81.7 cm³/mol. The number of ether oxygens (including phenoxy) is 1. The van der Waals surface area contributed by atoms with Crippen molar-refractivity contribution in [2.75, 3.05) is 0 Å². The third-order valence-electron chi connectivity index (χ3n) is 3.36. The van der Waals surface area contributed by atoms with Crippen LogP contribution >= 0.6 is 11.6 Å². The van der Waals surface area contributed by atoms with Crippen LogP contribution in [0.4, 0.5) is 4.39 Å². The monoisotopic (exact) mass is 309 g/mol. The van der Waals surface area contributed by atoms with Crippen LogP contribution in [0.2, 0.25) is 5.02 Å². The van der Waals surface area contributed by atoms with Gasteiger partial charge < -0.3 is 9.72 Å². The van der Waals surface area contributed by atoms with Gasteiger partial charge in [-0.3, -0.25) is 4.79 Å². The number of aryl methyl sites for hydroxylation is 3. The lowest BCUT2D eigenvalue weighted by Crippen LogP contribution is -2.11. The van der Waals surface area contributed by atoms with Crippen molar-refractivity contribution in [1.82, 2.24) is 4.98 Å². The topological polar surface area (TPSA) is 42.1 Å². The van der Waals surface area contributed by atoms with Crippen molar-refractivity contribution in [2.45, 2.75) is 33.8 Å². The first-order valence-electron chi connectivity index (χ1n) is 6.72. The molecule has 0 saturated carbocycles. The van der Waals surface area contributed by atoms with E-state index in [9.17, 15) is 9.18 Å². The summed E-state index contributed by atoms with van der Waals surface area (Å²) in [6.07, 6.45) is 0.708. The number of H-pyrrole nitrogens is 1. The predicted octanol–water partition coefficient (Wildman–Crippen LogP) is 3.93. The molecule has 1 aromatic carbocycles. The Morgan fingerprint density at radius 1 is 1.29 bits per heavy atom. The maximum atomic E-state index is 13.4. The van der Waals surface area contributed by atoms with Crippen LogP contribution in [0.1, 0.15) is 29.3 Å². The van der Waals surface area contributed by atoms with Gasteiger partial charge in [0.1, 0.15) is 23.2 Å². The fourth-order valence-corrected chi connectivity index (χ4v) is 2.42. The minimum Gasteiger partial charge on any atom is -0.487 e. The second kappa shape index (κ2) is 6.31. The van der Waals surface area contributed by atoms with Crippen LogP contribution in [-0.2, 0) is 13.0 Å². The highest BCUT2D eigenvalue weighted by molar-refractivity contribution is 6.31. The Hall–Kier alpha value is -1.81. The minimum atomic E-state index is -0.377. The van der Waals surface area contributed by atoms with E-state index in [1.54, 1.807) is 13.0 Å². The number of aromatic amines is 1. The standard InChI is InChI=1S/C16H17ClFNO2/c1-4-11-7-12(18)5-9(2)13(11)8-21-14-6-10(3)19-16(20)15(14)17/h5-7H,4,8H2,1-3H3,(H,19,20). The van der Waals surface area contributed by atoms with Crippen LogP contribution in [-0.4, -0.2) is 4.98 Å². The van der Waals surface area contributed by atoms with Crippen molar-refractivity contribution in [3.8, 4) is 5.75 Å². The molecule has 0 aliphatic heterocycles. The van der Waals surface area contributed by atoms with Crippen molar-refractivity contribution < 1.29 is 9.13 Å². The molecule has 2 rings (SSSR count). The van der Waals surface area contributed by atoms with Gasteiger partial charge in [-0.2, -0.15) is 0 Å². The van der Waals surface area contributed by atoms with Crippen LogP contribution in [0.3, 0.4) is 0 Å². The molecule has 0 fully saturated rings. The number of aromatic nitrogens is 1. The Morgan fingerprint density at radius 3 is 2.67 bits per heavy atom. The molecule has 1 N–H and O–H groups in total. The smallest absolute Gasteiger partial charge is 0.270 e. The maximum absolute atomic E-state index is 13.4. The van der Waals surface area contributed by atoms with E-state index in [4.69, 9.17) is 16.3 Å². The average molecular weight is 310 g/mol. The lowest BCUT2D eigenvalue weighted by Gasteiger charge is -2.14. The average Bonchev–Trinajstić information content (AvgIpc) is 2.41. The summed E-state index contributed by atoms with van der Waals surface area (Å²) in [4.78, 5) is 14.2. The molecular formula is C16H17ClFNO2. The fraction of sp³-hybridized carbons (Fsp3) is 0.312. The Morgan fingerprint density at radius 2 is 2.00 bits per heavy atom. The quantitative estimate of drug-likeness (QED) is 0.930. The molecule has 0 aliphatic rings. The Balaban J connectivity index is 2.31. The van der Waals surface area contributed by atoms with E-state index in [0.29, 0.717) is 17.9 Å². The molecular weight excluding hydrogens is 293 g/mol. The largest absolute Gasteiger partial charge is 0.487 e.